The lowest BCUT2D eigenvalue weighted by Gasteiger charge is -2.25. The van der Waals surface area contributed by atoms with Crippen molar-refractivity contribution >= 4 is 18.0 Å². The first-order valence-electron chi connectivity index (χ1n) is 9.04. The molecule has 27 heavy (non-hydrogen) atoms. The summed E-state index contributed by atoms with van der Waals surface area (Å²) in [4.78, 5) is 36.1. The quantitative estimate of drug-likeness (QED) is 0.476. The fourth-order valence-electron chi connectivity index (χ4n) is 2.50. The van der Waals surface area contributed by atoms with Crippen molar-refractivity contribution in [3.05, 3.63) is 35.9 Å². The lowest BCUT2D eigenvalue weighted by Crippen LogP contribution is -2.52. The molecule has 1 aromatic carbocycles. The molecule has 150 valence electrons. The number of aliphatic carboxylic acids is 1. The Kier molecular flexibility index (Phi) is 8.28. The minimum atomic E-state index is -1.18. The van der Waals surface area contributed by atoms with Gasteiger partial charge in [-0.05, 0) is 38.7 Å². The Morgan fingerprint density at radius 1 is 1.07 bits per heavy atom. The van der Waals surface area contributed by atoms with Crippen LogP contribution in [-0.4, -0.2) is 34.8 Å². The van der Waals surface area contributed by atoms with Crippen molar-refractivity contribution < 1.29 is 24.2 Å². The number of nitrogens with one attached hydrogen (secondary N) is 2. The number of carboxylic acids is 1. The van der Waals surface area contributed by atoms with E-state index in [2.05, 4.69) is 10.6 Å². The molecule has 0 saturated carbocycles. The number of hydrogen-bond acceptors (Lipinski definition) is 4. The second kappa shape index (κ2) is 9.94. The molecule has 1 rings (SSSR count). The van der Waals surface area contributed by atoms with E-state index in [0.717, 1.165) is 5.56 Å². The van der Waals surface area contributed by atoms with Gasteiger partial charge in [0.05, 0.1) is 0 Å². The van der Waals surface area contributed by atoms with E-state index < -0.39 is 35.7 Å². The minimum absolute atomic E-state index is 0.0447. The van der Waals surface area contributed by atoms with Crippen LogP contribution in [0.1, 0.15) is 46.6 Å². The molecule has 7 nitrogen and oxygen atoms in total. The zero-order valence-corrected chi connectivity index (χ0v) is 16.6. The van der Waals surface area contributed by atoms with E-state index in [1.165, 1.54) is 0 Å². The number of carbonyl (C=O) groups excluding carboxylic acids is 2. The third kappa shape index (κ3) is 9.08. The van der Waals surface area contributed by atoms with Gasteiger partial charge in [-0.25, -0.2) is 4.79 Å². The van der Waals surface area contributed by atoms with Gasteiger partial charge in [-0.15, -0.1) is 0 Å². The molecule has 0 spiro atoms. The highest BCUT2D eigenvalue weighted by molar-refractivity contribution is 5.97. The van der Waals surface area contributed by atoms with Crippen molar-refractivity contribution in [1.82, 2.24) is 10.6 Å². The van der Waals surface area contributed by atoms with Crippen LogP contribution in [0.2, 0.25) is 0 Å². The van der Waals surface area contributed by atoms with Gasteiger partial charge >= 0.3 is 12.1 Å². The highest BCUT2D eigenvalue weighted by atomic mass is 16.6. The lowest BCUT2D eigenvalue weighted by atomic mass is 9.96. The summed E-state index contributed by atoms with van der Waals surface area (Å²) < 4.78 is 5.24. The summed E-state index contributed by atoms with van der Waals surface area (Å²) in [7, 11) is 0. The maximum Gasteiger partial charge on any atom is 0.409 e. The molecule has 2 atom stereocenters. The van der Waals surface area contributed by atoms with E-state index >= 15 is 0 Å². The topological polar surface area (TPSA) is 105 Å². The van der Waals surface area contributed by atoms with Crippen LogP contribution in [-0.2, 0) is 20.7 Å². The molecule has 7 heteroatoms. The number of carboxylic acid groups (broad SMARTS) is 1. The Morgan fingerprint density at radius 3 is 2.15 bits per heavy atom. The first kappa shape index (κ1) is 22.5. The van der Waals surface area contributed by atoms with Gasteiger partial charge in [0.25, 0.3) is 0 Å². The Hall–Kier alpha value is -2.57. The van der Waals surface area contributed by atoms with E-state index in [-0.39, 0.29) is 12.3 Å². The Morgan fingerprint density at radius 2 is 1.67 bits per heavy atom. The Balaban J connectivity index is 2.90. The van der Waals surface area contributed by atoms with Gasteiger partial charge in [-0.2, -0.15) is 0 Å². The van der Waals surface area contributed by atoms with Gasteiger partial charge in [-0.3, -0.25) is 9.59 Å². The van der Waals surface area contributed by atoms with Crippen molar-refractivity contribution in [3.8, 4) is 0 Å². The predicted molar refractivity (Wildman–Crippen MR) is 102 cm³/mol. The van der Waals surface area contributed by atoms with Gasteiger partial charge in [0.1, 0.15) is 17.7 Å². The molecule has 0 aromatic heterocycles. The summed E-state index contributed by atoms with van der Waals surface area (Å²) in [5.74, 6) is -2.95. The number of carbonyl (C=O) groups is 3. The molecular formula is C20H30N2O5. The van der Waals surface area contributed by atoms with Crippen molar-refractivity contribution in [2.75, 3.05) is 0 Å². The van der Waals surface area contributed by atoms with E-state index in [9.17, 15) is 19.5 Å². The van der Waals surface area contributed by atoms with Crippen LogP contribution in [0.25, 0.3) is 0 Å². The molecule has 0 fully saturated rings. The van der Waals surface area contributed by atoms with Crippen LogP contribution in [0.3, 0.4) is 0 Å². The summed E-state index contributed by atoms with van der Waals surface area (Å²) in [5.41, 5.74) is 0.196. The molecule has 0 aliphatic rings. The van der Waals surface area contributed by atoms with Crippen LogP contribution in [0.15, 0.2) is 30.3 Å². The summed E-state index contributed by atoms with van der Waals surface area (Å²) in [6.07, 6.45) is -0.950. The fraction of sp³-hybridized carbons (Fsp3) is 0.550. The number of rotatable bonds is 8. The molecular weight excluding hydrogens is 348 g/mol. The molecule has 0 unspecified atom stereocenters. The summed E-state index contributed by atoms with van der Waals surface area (Å²) >= 11 is 0. The van der Waals surface area contributed by atoms with Crippen LogP contribution in [0.5, 0.6) is 0 Å². The van der Waals surface area contributed by atoms with Gasteiger partial charge in [0.15, 0.2) is 0 Å². The molecule has 3 N–H and O–H groups in total. The number of amides is 2. The fourth-order valence-corrected chi connectivity index (χ4v) is 2.50. The molecule has 1 aromatic rings. The Labute approximate surface area is 160 Å². The van der Waals surface area contributed by atoms with Gasteiger partial charge < -0.3 is 20.5 Å². The van der Waals surface area contributed by atoms with Gasteiger partial charge in [0.2, 0.25) is 5.91 Å². The average molecular weight is 378 g/mol. The van der Waals surface area contributed by atoms with Crippen molar-refractivity contribution in [1.29, 1.82) is 0 Å². The third-order valence-electron chi connectivity index (χ3n) is 3.61. The zero-order chi connectivity index (χ0) is 20.6. The van der Waals surface area contributed by atoms with Crippen molar-refractivity contribution in [3.63, 3.8) is 0 Å². The minimum Gasteiger partial charge on any atom is -0.481 e. The molecule has 0 aliphatic heterocycles. The standard InChI is InChI=1S/C20H30N2O5/c1-13(2)11-15(18(24)25)17(23)21-16(12-14-9-7-6-8-10-14)22-19(26)27-20(3,4)5/h6-10,13,15-16H,11-12H2,1-5H3,(H,21,23)(H,22,26)(H,24,25)/t15-,16-/m0/s1. The molecule has 0 radical (unpaired) electrons. The largest absolute Gasteiger partial charge is 0.481 e. The van der Waals surface area contributed by atoms with Crippen LogP contribution in [0, 0.1) is 11.8 Å². The highest BCUT2D eigenvalue weighted by Gasteiger charge is 2.29. The van der Waals surface area contributed by atoms with Crippen molar-refractivity contribution in [2.24, 2.45) is 11.8 Å². The first-order chi connectivity index (χ1) is 12.5. The zero-order valence-electron chi connectivity index (χ0n) is 16.6. The second-order valence-electron chi connectivity index (χ2n) is 7.92. The monoisotopic (exact) mass is 378 g/mol. The molecule has 0 heterocycles. The SMILES string of the molecule is CC(C)C[C@H](C(=O)O)C(=O)N[C@H](Cc1ccccc1)NC(=O)OC(C)(C)C. The van der Waals surface area contributed by atoms with E-state index in [1.807, 2.05) is 44.2 Å². The second-order valence-corrected chi connectivity index (χ2v) is 7.92. The van der Waals surface area contributed by atoms with Crippen LogP contribution >= 0.6 is 0 Å². The van der Waals surface area contributed by atoms with E-state index in [0.29, 0.717) is 6.42 Å². The maximum atomic E-state index is 12.5. The number of benzene rings is 1. The summed E-state index contributed by atoms with van der Waals surface area (Å²) in [6.45, 7) is 8.91. The highest BCUT2D eigenvalue weighted by Crippen LogP contribution is 2.13. The smallest absolute Gasteiger partial charge is 0.409 e. The van der Waals surface area contributed by atoms with Gasteiger partial charge in [0, 0.05) is 6.42 Å². The maximum absolute atomic E-state index is 12.5. The molecule has 0 bridgehead atoms. The lowest BCUT2D eigenvalue weighted by molar-refractivity contribution is -0.147. The number of alkyl carbamates (subject to hydrolysis) is 1. The average Bonchev–Trinajstić information content (AvgIpc) is 2.51. The first-order valence-corrected chi connectivity index (χ1v) is 9.04. The molecule has 0 saturated heterocycles. The van der Waals surface area contributed by atoms with Crippen molar-refractivity contribution in [2.45, 2.75) is 59.2 Å². The predicted octanol–water partition coefficient (Wildman–Crippen LogP) is 2.94. The normalized spacial score (nSPS) is 13.6. The van der Waals surface area contributed by atoms with Crippen LogP contribution < -0.4 is 10.6 Å². The number of hydrogen-bond donors (Lipinski definition) is 3. The molecule has 2 amide bonds. The molecule has 0 aliphatic carbocycles. The number of ether oxygens (including phenoxy) is 1. The summed E-state index contributed by atoms with van der Waals surface area (Å²) in [5, 5.41) is 14.6. The Bertz CT molecular complexity index is 638. The van der Waals surface area contributed by atoms with Gasteiger partial charge in [-0.1, -0.05) is 44.2 Å². The summed E-state index contributed by atoms with van der Waals surface area (Å²) in [6, 6.07) is 9.28. The third-order valence-corrected chi connectivity index (χ3v) is 3.61. The van der Waals surface area contributed by atoms with Crippen LogP contribution in [0.4, 0.5) is 4.79 Å². The van der Waals surface area contributed by atoms with E-state index in [4.69, 9.17) is 4.74 Å². The van der Waals surface area contributed by atoms with E-state index in [1.54, 1.807) is 20.8 Å².